The van der Waals surface area contributed by atoms with E-state index in [9.17, 15) is 9.90 Å². The van der Waals surface area contributed by atoms with Gasteiger partial charge in [0.1, 0.15) is 0 Å². The molecule has 1 aliphatic rings. The number of carboxylic acid groups (broad SMARTS) is 1. The molecule has 4 heteroatoms. The van der Waals surface area contributed by atoms with Crippen LogP contribution in [-0.4, -0.2) is 29.1 Å². The second-order valence-electron chi connectivity index (χ2n) is 6.63. The Morgan fingerprint density at radius 3 is 2.42 bits per heavy atom. The second kappa shape index (κ2) is 7.86. The van der Waals surface area contributed by atoms with Gasteiger partial charge in [-0.2, -0.15) is 0 Å². The molecule has 1 heterocycles. The molecule has 0 bridgehead atoms. The van der Waals surface area contributed by atoms with Crippen molar-refractivity contribution in [2.45, 2.75) is 29.7 Å². The standard InChI is InChI=1S/C20H23NO2S/c1-15-11-17(20(22)23)14-21(12-15)13-16-7-9-19(10-8-16)24-18-5-3-2-4-6-18/h2-10,15,17H,11-14H2,1H3,(H,22,23). The summed E-state index contributed by atoms with van der Waals surface area (Å²) in [5, 5.41) is 9.29. The molecule has 24 heavy (non-hydrogen) atoms. The smallest absolute Gasteiger partial charge is 0.307 e. The number of rotatable bonds is 5. The van der Waals surface area contributed by atoms with E-state index in [-0.39, 0.29) is 5.92 Å². The largest absolute Gasteiger partial charge is 0.481 e. The molecule has 126 valence electrons. The van der Waals surface area contributed by atoms with Crippen LogP contribution in [0, 0.1) is 11.8 Å². The minimum absolute atomic E-state index is 0.235. The van der Waals surface area contributed by atoms with Gasteiger partial charge >= 0.3 is 5.97 Å². The average Bonchev–Trinajstić information content (AvgIpc) is 2.57. The molecule has 2 atom stereocenters. The summed E-state index contributed by atoms with van der Waals surface area (Å²) < 4.78 is 0. The Balaban J connectivity index is 1.60. The molecule has 2 aromatic rings. The normalized spacial score (nSPS) is 21.5. The first-order chi connectivity index (χ1) is 11.6. The van der Waals surface area contributed by atoms with Gasteiger partial charge in [0.2, 0.25) is 0 Å². The predicted octanol–water partition coefficient (Wildman–Crippen LogP) is 4.38. The van der Waals surface area contributed by atoms with Crippen molar-refractivity contribution in [2.24, 2.45) is 11.8 Å². The molecule has 0 spiro atoms. The van der Waals surface area contributed by atoms with Crippen molar-refractivity contribution in [3.63, 3.8) is 0 Å². The van der Waals surface area contributed by atoms with Gasteiger partial charge in [-0.1, -0.05) is 49.0 Å². The van der Waals surface area contributed by atoms with Crippen molar-refractivity contribution in [2.75, 3.05) is 13.1 Å². The van der Waals surface area contributed by atoms with Gasteiger partial charge in [0.15, 0.2) is 0 Å². The number of nitrogens with zero attached hydrogens (tertiary/aromatic N) is 1. The molecule has 0 amide bonds. The van der Waals surface area contributed by atoms with E-state index < -0.39 is 5.97 Å². The van der Waals surface area contributed by atoms with Crippen LogP contribution in [0.2, 0.25) is 0 Å². The van der Waals surface area contributed by atoms with Crippen molar-refractivity contribution in [3.8, 4) is 0 Å². The van der Waals surface area contributed by atoms with Gasteiger partial charge in [-0.15, -0.1) is 0 Å². The number of likely N-dealkylation sites (tertiary alicyclic amines) is 1. The van der Waals surface area contributed by atoms with E-state index in [1.165, 1.54) is 15.4 Å². The van der Waals surface area contributed by atoms with E-state index in [0.717, 1.165) is 19.5 Å². The summed E-state index contributed by atoms with van der Waals surface area (Å²) in [6, 6.07) is 18.9. The van der Waals surface area contributed by atoms with Crippen LogP contribution in [0.25, 0.3) is 0 Å². The molecular weight excluding hydrogens is 318 g/mol. The fourth-order valence-corrected chi connectivity index (χ4v) is 4.15. The van der Waals surface area contributed by atoms with Gasteiger partial charge < -0.3 is 5.11 Å². The van der Waals surface area contributed by atoms with Gasteiger partial charge in [0.05, 0.1) is 5.92 Å². The Bertz CT molecular complexity index is 672. The highest BCUT2D eigenvalue weighted by Gasteiger charge is 2.29. The monoisotopic (exact) mass is 341 g/mol. The topological polar surface area (TPSA) is 40.5 Å². The van der Waals surface area contributed by atoms with E-state index in [4.69, 9.17) is 0 Å². The molecule has 0 radical (unpaired) electrons. The molecule has 1 fully saturated rings. The molecule has 3 nitrogen and oxygen atoms in total. The quantitative estimate of drug-likeness (QED) is 0.876. The van der Waals surface area contributed by atoms with Gasteiger partial charge in [-0.05, 0) is 42.2 Å². The molecule has 3 rings (SSSR count). The fourth-order valence-electron chi connectivity index (χ4n) is 3.32. The molecule has 1 N–H and O–H groups in total. The third kappa shape index (κ3) is 4.62. The summed E-state index contributed by atoms with van der Waals surface area (Å²) in [4.78, 5) is 16.0. The van der Waals surface area contributed by atoms with E-state index in [0.29, 0.717) is 12.5 Å². The van der Waals surface area contributed by atoms with Crippen LogP contribution in [0.1, 0.15) is 18.9 Å². The zero-order valence-electron chi connectivity index (χ0n) is 13.9. The van der Waals surface area contributed by atoms with Gasteiger partial charge in [0.25, 0.3) is 0 Å². The van der Waals surface area contributed by atoms with Crippen molar-refractivity contribution in [3.05, 3.63) is 60.2 Å². The van der Waals surface area contributed by atoms with Crippen LogP contribution >= 0.6 is 11.8 Å². The molecule has 0 saturated carbocycles. The first-order valence-corrected chi connectivity index (χ1v) is 9.19. The summed E-state index contributed by atoms with van der Waals surface area (Å²) in [6.07, 6.45) is 0.790. The third-order valence-electron chi connectivity index (χ3n) is 4.39. The Morgan fingerprint density at radius 1 is 1.08 bits per heavy atom. The van der Waals surface area contributed by atoms with Crippen LogP contribution in [0.5, 0.6) is 0 Å². The lowest BCUT2D eigenvalue weighted by Gasteiger charge is -2.34. The molecule has 0 aliphatic carbocycles. The van der Waals surface area contributed by atoms with Gasteiger partial charge in [-0.25, -0.2) is 0 Å². The number of aliphatic carboxylic acids is 1. The van der Waals surface area contributed by atoms with Crippen LogP contribution in [0.3, 0.4) is 0 Å². The lowest BCUT2D eigenvalue weighted by Crippen LogP contribution is -2.41. The highest BCUT2D eigenvalue weighted by Crippen LogP contribution is 2.28. The summed E-state index contributed by atoms with van der Waals surface area (Å²) in [7, 11) is 0. The highest BCUT2D eigenvalue weighted by molar-refractivity contribution is 7.99. The Hall–Kier alpha value is -1.78. The number of benzene rings is 2. The van der Waals surface area contributed by atoms with E-state index >= 15 is 0 Å². The van der Waals surface area contributed by atoms with Gasteiger partial charge in [-0.3, -0.25) is 9.69 Å². The minimum atomic E-state index is -0.666. The van der Waals surface area contributed by atoms with E-state index in [2.05, 4.69) is 48.2 Å². The molecular formula is C20H23NO2S. The minimum Gasteiger partial charge on any atom is -0.481 e. The number of hydrogen-bond acceptors (Lipinski definition) is 3. The first-order valence-electron chi connectivity index (χ1n) is 8.37. The summed E-state index contributed by atoms with van der Waals surface area (Å²) in [6.45, 7) is 4.59. The lowest BCUT2D eigenvalue weighted by atomic mass is 9.90. The maximum absolute atomic E-state index is 11.3. The summed E-state index contributed by atoms with van der Waals surface area (Å²) >= 11 is 1.76. The van der Waals surface area contributed by atoms with E-state index in [1.54, 1.807) is 11.8 Å². The maximum Gasteiger partial charge on any atom is 0.307 e. The zero-order chi connectivity index (χ0) is 16.9. The van der Waals surface area contributed by atoms with Crippen molar-refractivity contribution < 1.29 is 9.90 Å². The molecule has 2 aromatic carbocycles. The third-order valence-corrected chi connectivity index (χ3v) is 5.41. The Kier molecular flexibility index (Phi) is 5.59. The fraction of sp³-hybridized carbons (Fsp3) is 0.350. The lowest BCUT2D eigenvalue weighted by molar-refractivity contribution is -0.144. The maximum atomic E-state index is 11.3. The number of hydrogen-bond donors (Lipinski definition) is 1. The molecule has 0 aromatic heterocycles. The van der Waals surface area contributed by atoms with Crippen molar-refractivity contribution >= 4 is 17.7 Å². The summed E-state index contributed by atoms with van der Waals surface area (Å²) in [5.74, 6) is -0.462. The van der Waals surface area contributed by atoms with Crippen LogP contribution in [0.4, 0.5) is 0 Å². The first kappa shape index (κ1) is 17.1. The van der Waals surface area contributed by atoms with E-state index in [1.807, 2.05) is 18.2 Å². The average molecular weight is 341 g/mol. The Morgan fingerprint density at radius 2 is 1.75 bits per heavy atom. The molecule has 2 unspecified atom stereocenters. The number of carbonyl (C=O) groups is 1. The van der Waals surface area contributed by atoms with Crippen molar-refractivity contribution in [1.29, 1.82) is 0 Å². The zero-order valence-corrected chi connectivity index (χ0v) is 14.7. The van der Waals surface area contributed by atoms with Crippen molar-refractivity contribution in [1.82, 2.24) is 4.90 Å². The second-order valence-corrected chi connectivity index (χ2v) is 7.78. The predicted molar refractivity (Wildman–Crippen MR) is 97.2 cm³/mol. The van der Waals surface area contributed by atoms with Crippen LogP contribution in [-0.2, 0) is 11.3 Å². The van der Waals surface area contributed by atoms with Crippen LogP contribution < -0.4 is 0 Å². The highest BCUT2D eigenvalue weighted by atomic mass is 32.2. The summed E-state index contributed by atoms with van der Waals surface area (Å²) in [5.41, 5.74) is 1.24. The number of piperidine rings is 1. The van der Waals surface area contributed by atoms with Gasteiger partial charge in [0, 0.05) is 29.4 Å². The Labute approximate surface area is 147 Å². The number of carboxylic acids is 1. The van der Waals surface area contributed by atoms with Crippen LogP contribution in [0.15, 0.2) is 64.4 Å². The molecule has 1 saturated heterocycles. The SMILES string of the molecule is CC1CC(C(=O)O)CN(Cc2ccc(Sc3ccccc3)cc2)C1. The molecule has 1 aliphatic heterocycles.